The Balaban J connectivity index is 1.58. The molecule has 30 heavy (non-hydrogen) atoms. The molecule has 154 valence electrons. The molecule has 0 radical (unpaired) electrons. The van der Waals surface area contributed by atoms with Crippen molar-refractivity contribution in [3.63, 3.8) is 0 Å². The largest absolute Gasteiger partial charge is 0.427 e. The van der Waals surface area contributed by atoms with Crippen molar-refractivity contribution >= 4 is 21.6 Å². The topological polar surface area (TPSA) is 77.5 Å². The molecule has 0 aliphatic heterocycles. The first kappa shape index (κ1) is 21.4. The highest BCUT2D eigenvalue weighted by Crippen LogP contribution is 2.18. The van der Waals surface area contributed by atoms with Crippen molar-refractivity contribution < 1.29 is 27.1 Å². The summed E-state index contributed by atoms with van der Waals surface area (Å²) in [5.74, 6) is -1.59. The normalized spacial score (nSPS) is 11.1. The second-order valence-corrected chi connectivity index (χ2v) is 8.83. The minimum Gasteiger partial charge on any atom is -0.427 e. The highest BCUT2D eigenvalue weighted by atomic mass is 32.2. The lowest BCUT2D eigenvalue weighted by molar-refractivity contribution is -0.133. The van der Waals surface area contributed by atoms with E-state index in [1.54, 1.807) is 12.1 Å². The molecule has 0 saturated carbocycles. The first-order valence-electron chi connectivity index (χ1n) is 9.15. The number of benzene rings is 3. The van der Waals surface area contributed by atoms with E-state index in [4.69, 9.17) is 4.74 Å². The maximum atomic E-state index is 13.0. The van der Waals surface area contributed by atoms with Gasteiger partial charge in [0, 0.05) is 11.1 Å². The van der Waals surface area contributed by atoms with E-state index in [9.17, 15) is 22.4 Å². The van der Waals surface area contributed by atoms with Gasteiger partial charge in [-0.2, -0.15) is 0 Å². The zero-order chi connectivity index (χ0) is 21.7. The number of sulfone groups is 1. The molecule has 0 fully saturated rings. The average molecular weight is 426 g/mol. The Kier molecular flexibility index (Phi) is 6.42. The van der Waals surface area contributed by atoms with Crippen LogP contribution in [0.3, 0.4) is 0 Å². The van der Waals surface area contributed by atoms with Crippen LogP contribution in [0, 0.1) is 12.7 Å². The number of carbonyl (C=O) groups excluding carboxylic acids is 2. The Morgan fingerprint density at radius 2 is 1.37 bits per heavy atom. The van der Waals surface area contributed by atoms with E-state index in [2.05, 4.69) is 0 Å². The smallest absolute Gasteiger partial charge is 0.312 e. The van der Waals surface area contributed by atoms with E-state index >= 15 is 0 Å². The molecule has 5 nitrogen and oxygen atoms in total. The summed E-state index contributed by atoms with van der Waals surface area (Å²) in [4.78, 5) is 24.5. The lowest BCUT2D eigenvalue weighted by atomic mass is 10.0. The molecular weight excluding hydrogens is 407 g/mol. The number of esters is 1. The molecule has 3 aromatic carbocycles. The summed E-state index contributed by atoms with van der Waals surface area (Å²) in [6.45, 7) is 1.85. The molecule has 0 bridgehead atoms. The van der Waals surface area contributed by atoms with Crippen LogP contribution in [0.4, 0.5) is 4.39 Å². The lowest BCUT2D eigenvalue weighted by Crippen LogP contribution is -2.15. The van der Waals surface area contributed by atoms with Gasteiger partial charge < -0.3 is 4.74 Å². The lowest BCUT2D eigenvalue weighted by Gasteiger charge is -2.07. The molecule has 7 heteroatoms. The van der Waals surface area contributed by atoms with Crippen molar-refractivity contribution in [3.8, 4) is 5.75 Å². The summed E-state index contributed by atoms with van der Waals surface area (Å²) in [7, 11) is -3.59. The van der Waals surface area contributed by atoms with Gasteiger partial charge in [-0.05, 0) is 67.6 Å². The van der Waals surface area contributed by atoms with E-state index in [0.29, 0.717) is 11.1 Å². The number of rotatable bonds is 7. The standard InChI is InChI=1S/C23H19FO5S/c1-16-2-12-21(13-3-16)30(27,28)15-14-22(25)29-20-10-6-18(7-11-20)23(26)17-4-8-19(24)9-5-17/h2-13H,14-15H2,1H3. The molecule has 0 spiro atoms. The zero-order valence-corrected chi connectivity index (χ0v) is 17.0. The molecule has 0 aliphatic carbocycles. The van der Waals surface area contributed by atoms with Gasteiger partial charge in [-0.3, -0.25) is 9.59 Å². The molecule has 0 atom stereocenters. The van der Waals surface area contributed by atoms with Gasteiger partial charge in [0.1, 0.15) is 11.6 Å². The highest BCUT2D eigenvalue weighted by molar-refractivity contribution is 7.91. The van der Waals surface area contributed by atoms with Crippen molar-refractivity contribution in [1.82, 2.24) is 0 Å². The number of ketones is 1. The van der Waals surface area contributed by atoms with Gasteiger partial charge in [0.25, 0.3) is 0 Å². The summed E-state index contributed by atoms with van der Waals surface area (Å²) in [6, 6.07) is 17.4. The molecule has 0 aromatic heterocycles. The summed E-state index contributed by atoms with van der Waals surface area (Å²) in [5, 5.41) is 0. The molecule has 0 aliphatic rings. The van der Waals surface area contributed by atoms with Crippen LogP contribution >= 0.6 is 0 Å². The van der Waals surface area contributed by atoms with Gasteiger partial charge in [-0.1, -0.05) is 17.7 Å². The third kappa shape index (κ3) is 5.39. The average Bonchev–Trinajstić information content (AvgIpc) is 2.73. The number of hydrogen-bond donors (Lipinski definition) is 0. The van der Waals surface area contributed by atoms with E-state index in [1.807, 2.05) is 6.92 Å². The van der Waals surface area contributed by atoms with Crippen LogP contribution in [-0.2, 0) is 14.6 Å². The van der Waals surface area contributed by atoms with E-state index in [-0.39, 0.29) is 28.6 Å². The van der Waals surface area contributed by atoms with Crippen LogP contribution in [0.2, 0.25) is 0 Å². The quantitative estimate of drug-likeness (QED) is 0.322. The molecule has 0 unspecified atom stereocenters. The SMILES string of the molecule is Cc1ccc(S(=O)(=O)CCC(=O)Oc2ccc(C(=O)c3ccc(F)cc3)cc2)cc1. The third-order valence-corrected chi connectivity index (χ3v) is 6.14. The zero-order valence-electron chi connectivity index (χ0n) is 16.2. The predicted molar refractivity (Wildman–Crippen MR) is 110 cm³/mol. The first-order chi connectivity index (χ1) is 14.2. The van der Waals surface area contributed by atoms with Crippen LogP contribution in [0.5, 0.6) is 5.75 Å². The van der Waals surface area contributed by atoms with Crippen LogP contribution in [0.1, 0.15) is 27.9 Å². The van der Waals surface area contributed by atoms with Gasteiger partial charge in [0.2, 0.25) is 0 Å². The van der Waals surface area contributed by atoms with Crippen molar-refractivity contribution in [1.29, 1.82) is 0 Å². The maximum Gasteiger partial charge on any atom is 0.312 e. The second kappa shape index (κ2) is 9.00. The minimum atomic E-state index is -3.59. The summed E-state index contributed by atoms with van der Waals surface area (Å²) in [5.41, 5.74) is 1.63. The predicted octanol–water partition coefficient (Wildman–Crippen LogP) is 4.13. The van der Waals surface area contributed by atoms with E-state index < -0.39 is 21.6 Å². The van der Waals surface area contributed by atoms with E-state index in [1.165, 1.54) is 60.7 Å². The van der Waals surface area contributed by atoms with E-state index in [0.717, 1.165) is 5.56 Å². The number of aryl methyl sites for hydroxylation is 1. The maximum absolute atomic E-state index is 13.0. The minimum absolute atomic E-state index is 0.157. The van der Waals surface area contributed by atoms with Crippen molar-refractivity contribution in [3.05, 3.63) is 95.3 Å². The van der Waals surface area contributed by atoms with Crippen molar-refractivity contribution in [2.24, 2.45) is 0 Å². The summed E-state index contributed by atoms with van der Waals surface area (Å²) in [6.07, 6.45) is -0.299. The second-order valence-electron chi connectivity index (χ2n) is 6.72. The highest BCUT2D eigenvalue weighted by Gasteiger charge is 2.17. The Hall–Kier alpha value is -3.32. The van der Waals surface area contributed by atoms with Crippen LogP contribution in [0.25, 0.3) is 0 Å². The molecule has 0 saturated heterocycles. The Morgan fingerprint density at radius 3 is 1.93 bits per heavy atom. The fourth-order valence-electron chi connectivity index (χ4n) is 2.71. The van der Waals surface area contributed by atoms with Crippen LogP contribution < -0.4 is 4.74 Å². The van der Waals surface area contributed by atoms with Gasteiger partial charge >= 0.3 is 5.97 Å². The fourth-order valence-corrected chi connectivity index (χ4v) is 3.93. The van der Waals surface area contributed by atoms with Crippen molar-refractivity contribution in [2.45, 2.75) is 18.2 Å². The molecular formula is C23H19FO5S. The van der Waals surface area contributed by atoms with Crippen LogP contribution in [-0.4, -0.2) is 25.9 Å². The Bertz CT molecular complexity index is 1150. The number of ether oxygens (including phenoxy) is 1. The van der Waals surface area contributed by atoms with Crippen molar-refractivity contribution in [2.75, 3.05) is 5.75 Å². The summed E-state index contributed by atoms with van der Waals surface area (Å²) >= 11 is 0. The third-order valence-electron chi connectivity index (χ3n) is 4.41. The van der Waals surface area contributed by atoms with Gasteiger partial charge in [-0.15, -0.1) is 0 Å². The van der Waals surface area contributed by atoms with Crippen LogP contribution in [0.15, 0.2) is 77.7 Å². The molecule has 0 heterocycles. The Labute approximate surface area is 174 Å². The molecule has 3 rings (SSSR count). The van der Waals surface area contributed by atoms with Gasteiger partial charge in [-0.25, -0.2) is 12.8 Å². The number of hydrogen-bond acceptors (Lipinski definition) is 5. The number of carbonyl (C=O) groups is 2. The van der Waals surface area contributed by atoms with Gasteiger partial charge in [0.15, 0.2) is 15.6 Å². The number of halogens is 1. The van der Waals surface area contributed by atoms with Gasteiger partial charge in [0.05, 0.1) is 17.1 Å². The molecule has 0 amide bonds. The molecule has 3 aromatic rings. The monoisotopic (exact) mass is 426 g/mol. The Morgan fingerprint density at radius 1 is 0.833 bits per heavy atom. The summed E-state index contributed by atoms with van der Waals surface area (Å²) < 4.78 is 42.7. The fraction of sp³-hybridized carbons (Fsp3) is 0.130. The first-order valence-corrected chi connectivity index (χ1v) is 10.8. The molecule has 0 N–H and O–H groups in total.